The summed E-state index contributed by atoms with van der Waals surface area (Å²) in [6, 6.07) is 2.91. The first-order chi connectivity index (χ1) is 13.3. The first-order valence-electron chi connectivity index (χ1n) is 8.51. The van der Waals surface area contributed by atoms with Crippen LogP contribution in [0.15, 0.2) is 24.4 Å². The molecule has 2 aliphatic heterocycles. The van der Waals surface area contributed by atoms with Gasteiger partial charge in [0.25, 0.3) is 0 Å². The van der Waals surface area contributed by atoms with E-state index in [0.29, 0.717) is 30.4 Å². The Labute approximate surface area is 168 Å². The van der Waals surface area contributed by atoms with E-state index in [2.05, 4.69) is 15.0 Å². The van der Waals surface area contributed by atoms with E-state index in [-0.39, 0.29) is 33.7 Å². The van der Waals surface area contributed by atoms with Crippen LogP contribution in [0.5, 0.6) is 5.88 Å². The summed E-state index contributed by atoms with van der Waals surface area (Å²) in [4.78, 5) is 18.4. The number of ether oxygens (including phenoxy) is 1. The molecule has 1 saturated heterocycles. The maximum Gasteiger partial charge on any atom is 0.388 e. The molecule has 2 bridgehead atoms. The lowest BCUT2D eigenvalue weighted by molar-refractivity contribution is -0.0539. The summed E-state index contributed by atoms with van der Waals surface area (Å²) in [6.07, 6.45) is 3.06. The molecular formula is C18H14Cl2F3N3O2. The fourth-order valence-corrected chi connectivity index (χ4v) is 4.23. The first kappa shape index (κ1) is 19.1. The van der Waals surface area contributed by atoms with Crippen LogP contribution in [0.4, 0.5) is 23.7 Å². The van der Waals surface area contributed by atoms with Gasteiger partial charge in [0.1, 0.15) is 5.82 Å². The average Bonchev–Trinajstić information content (AvgIpc) is 2.95. The van der Waals surface area contributed by atoms with Gasteiger partial charge in [-0.25, -0.2) is 14.2 Å². The van der Waals surface area contributed by atoms with Crippen LogP contribution in [-0.2, 0) is 6.42 Å². The normalized spacial score (nSPS) is 20.3. The second-order valence-electron chi connectivity index (χ2n) is 6.60. The monoisotopic (exact) mass is 431 g/mol. The molecule has 3 heterocycles. The van der Waals surface area contributed by atoms with E-state index in [4.69, 9.17) is 23.2 Å². The van der Waals surface area contributed by atoms with Crippen molar-refractivity contribution < 1.29 is 22.7 Å². The molecule has 2 unspecified atom stereocenters. The summed E-state index contributed by atoms with van der Waals surface area (Å²) in [5.74, 6) is -0.815. The summed E-state index contributed by atoms with van der Waals surface area (Å²) in [7, 11) is 0. The minimum atomic E-state index is -2.98. The maximum atomic E-state index is 14.1. The van der Waals surface area contributed by atoms with Gasteiger partial charge in [-0.2, -0.15) is 8.78 Å². The Kier molecular flexibility index (Phi) is 5.01. The minimum Gasteiger partial charge on any atom is -0.417 e. The van der Waals surface area contributed by atoms with Crippen LogP contribution in [0.3, 0.4) is 0 Å². The molecule has 0 saturated carbocycles. The molecule has 2 aliphatic rings. The smallest absolute Gasteiger partial charge is 0.388 e. The molecule has 4 rings (SSSR count). The Morgan fingerprint density at radius 3 is 2.79 bits per heavy atom. The largest absolute Gasteiger partial charge is 0.417 e. The van der Waals surface area contributed by atoms with Gasteiger partial charge in [0, 0.05) is 17.8 Å². The van der Waals surface area contributed by atoms with E-state index in [0.717, 1.165) is 6.07 Å². The van der Waals surface area contributed by atoms with Crippen molar-refractivity contribution in [2.45, 2.75) is 38.0 Å². The van der Waals surface area contributed by atoms with Crippen LogP contribution < -0.4 is 10.1 Å². The number of pyridine rings is 1. The molecule has 1 aromatic carbocycles. The fourth-order valence-electron chi connectivity index (χ4n) is 3.92. The third-order valence-corrected chi connectivity index (χ3v) is 5.76. The molecule has 5 nitrogen and oxygen atoms in total. The topological polar surface area (TPSA) is 54.5 Å². The molecule has 0 spiro atoms. The van der Waals surface area contributed by atoms with Crippen molar-refractivity contribution in [3.8, 4) is 5.88 Å². The van der Waals surface area contributed by atoms with Crippen molar-refractivity contribution in [1.82, 2.24) is 9.88 Å². The predicted octanol–water partition coefficient (Wildman–Crippen LogP) is 5.42. The lowest BCUT2D eigenvalue weighted by Gasteiger charge is -2.36. The number of carbonyl (C=O) groups is 1. The highest BCUT2D eigenvalue weighted by Gasteiger charge is 2.44. The van der Waals surface area contributed by atoms with Gasteiger partial charge < -0.3 is 15.0 Å². The zero-order valence-corrected chi connectivity index (χ0v) is 15.8. The minimum absolute atomic E-state index is 0.0446. The zero-order chi connectivity index (χ0) is 20.0. The van der Waals surface area contributed by atoms with Crippen LogP contribution >= 0.6 is 23.2 Å². The molecule has 2 aromatic rings. The van der Waals surface area contributed by atoms with E-state index < -0.39 is 18.5 Å². The van der Waals surface area contributed by atoms with Gasteiger partial charge in [-0.15, -0.1) is 0 Å². The van der Waals surface area contributed by atoms with Crippen LogP contribution in [0.1, 0.15) is 30.0 Å². The summed E-state index contributed by atoms with van der Waals surface area (Å²) >= 11 is 11.7. The van der Waals surface area contributed by atoms with Crippen molar-refractivity contribution in [2.75, 3.05) is 5.32 Å². The maximum absolute atomic E-state index is 14.1. The zero-order valence-electron chi connectivity index (χ0n) is 14.3. The second-order valence-corrected chi connectivity index (χ2v) is 7.41. The number of nitrogens with one attached hydrogen (secondary N) is 1. The number of alkyl halides is 2. The quantitative estimate of drug-likeness (QED) is 0.659. The van der Waals surface area contributed by atoms with Crippen molar-refractivity contribution in [3.05, 3.63) is 51.4 Å². The van der Waals surface area contributed by atoms with Crippen molar-refractivity contribution in [2.24, 2.45) is 0 Å². The van der Waals surface area contributed by atoms with E-state index in [1.165, 1.54) is 12.3 Å². The third kappa shape index (κ3) is 3.35. The number of urea groups is 1. The summed E-state index contributed by atoms with van der Waals surface area (Å²) in [5.41, 5.74) is 1.21. The molecule has 1 aromatic heterocycles. The Bertz CT molecular complexity index is 945. The van der Waals surface area contributed by atoms with Crippen molar-refractivity contribution in [3.63, 3.8) is 0 Å². The van der Waals surface area contributed by atoms with Crippen molar-refractivity contribution >= 4 is 34.9 Å². The number of nitrogens with zero attached hydrogens (tertiary/aromatic N) is 2. The summed E-state index contributed by atoms with van der Waals surface area (Å²) in [5, 5.41) is 2.69. The highest BCUT2D eigenvalue weighted by Crippen LogP contribution is 2.46. The molecule has 1 fully saturated rings. The highest BCUT2D eigenvalue weighted by molar-refractivity contribution is 6.42. The van der Waals surface area contributed by atoms with Gasteiger partial charge in [-0.1, -0.05) is 23.2 Å². The summed E-state index contributed by atoms with van der Waals surface area (Å²) in [6.45, 7) is -2.98. The summed E-state index contributed by atoms with van der Waals surface area (Å²) < 4.78 is 43.9. The average molecular weight is 432 g/mol. The number of benzene rings is 1. The Hall–Kier alpha value is -2.19. The Balaban J connectivity index is 1.61. The number of rotatable bonds is 3. The standard InChI is InChI=1S/C18H14Cl2F3N3O2/c19-11-6-13(21)14(7-12(11)20)25-18(27)26-8-1-2-15(26)9-3-4-24-16(10(9)5-8)28-17(22)23/h3-4,6-8,15,17H,1-2,5H2,(H,25,27). The first-order valence-corrected chi connectivity index (χ1v) is 9.27. The van der Waals surface area contributed by atoms with Crippen LogP contribution in [0.25, 0.3) is 0 Å². The third-order valence-electron chi connectivity index (χ3n) is 5.04. The highest BCUT2D eigenvalue weighted by atomic mass is 35.5. The van der Waals surface area contributed by atoms with E-state index in [1.807, 2.05) is 0 Å². The van der Waals surface area contributed by atoms with Crippen LogP contribution in [0.2, 0.25) is 10.0 Å². The van der Waals surface area contributed by atoms with Gasteiger partial charge in [-0.05, 0) is 43.0 Å². The molecule has 2 atom stereocenters. The van der Waals surface area contributed by atoms with Gasteiger partial charge in [-0.3, -0.25) is 0 Å². The lowest BCUT2D eigenvalue weighted by Crippen LogP contribution is -2.44. The molecular weight excluding hydrogens is 418 g/mol. The Morgan fingerprint density at radius 1 is 1.29 bits per heavy atom. The molecule has 1 N–H and O–H groups in total. The van der Waals surface area contributed by atoms with Crippen molar-refractivity contribution in [1.29, 1.82) is 0 Å². The van der Waals surface area contributed by atoms with Crippen LogP contribution in [-0.4, -0.2) is 28.6 Å². The molecule has 28 heavy (non-hydrogen) atoms. The molecule has 0 radical (unpaired) electrons. The van der Waals surface area contributed by atoms with Crippen LogP contribution in [0, 0.1) is 5.82 Å². The number of hydrogen-bond acceptors (Lipinski definition) is 3. The van der Waals surface area contributed by atoms with Gasteiger partial charge in [0.15, 0.2) is 0 Å². The number of amides is 2. The number of fused-ring (bicyclic) bond motifs is 4. The van der Waals surface area contributed by atoms with Gasteiger partial charge >= 0.3 is 12.6 Å². The van der Waals surface area contributed by atoms with E-state index in [1.54, 1.807) is 11.0 Å². The fraction of sp³-hybridized carbons (Fsp3) is 0.333. The number of anilines is 1. The van der Waals surface area contributed by atoms with E-state index in [9.17, 15) is 18.0 Å². The molecule has 148 valence electrons. The number of halogens is 5. The predicted molar refractivity (Wildman–Crippen MR) is 97.6 cm³/mol. The SMILES string of the molecule is O=C(Nc1cc(Cl)c(Cl)cc1F)N1C2CCC1c1ccnc(OC(F)F)c1C2. The Morgan fingerprint density at radius 2 is 2.04 bits per heavy atom. The molecule has 0 aliphatic carbocycles. The molecule has 10 heteroatoms. The number of aromatic nitrogens is 1. The lowest BCUT2D eigenvalue weighted by atomic mass is 9.95. The number of carbonyl (C=O) groups excluding carboxylic acids is 1. The van der Waals surface area contributed by atoms with Gasteiger partial charge in [0.05, 0.1) is 21.8 Å². The second kappa shape index (κ2) is 7.33. The van der Waals surface area contributed by atoms with E-state index >= 15 is 0 Å². The van der Waals surface area contributed by atoms with Gasteiger partial charge in [0.2, 0.25) is 5.88 Å². The number of hydrogen-bond donors (Lipinski definition) is 1. The molecule has 2 amide bonds.